The van der Waals surface area contributed by atoms with Crippen LogP contribution in [0.1, 0.15) is 24.8 Å². The summed E-state index contributed by atoms with van der Waals surface area (Å²) in [5, 5.41) is 20.1. The molecule has 134 valence electrons. The Hall–Kier alpha value is -2.81. The molecule has 0 aliphatic carbocycles. The van der Waals surface area contributed by atoms with Gasteiger partial charge < -0.3 is 10.0 Å². The Morgan fingerprint density at radius 3 is 2.85 bits per heavy atom. The molecule has 0 spiro atoms. The minimum atomic E-state index is -1.03. The van der Waals surface area contributed by atoms with Gasteiger partial charge in [0.25, 0.3) is 0 Å². The summed E-state index contributed by atoms with van der Waals surface area (Å²) >= 11 is 5.94. The summed E-state index contributed by atoms with van der Waals surface area (Å²) in [5.41, 5.74) is 0.960. The maximum absolute atomic E-state index is 14.8. The Morgan fingerprint density at radius 1 is 1.35 bits per heavy atom. The number of carbonyl (C=O) groups is 2. The molecule has 1 amide bonds. The van der Waals surface area contributed by atoms with E-state index in [0.717, 1.165) is 0 Å². The van der Waals surface area contributed by atoms with Crippen LogP contribution in [0.15, 0.2) is 24.5 Å². The lowest BCUT2D eigenvalue weighted by molar-refractivity contribution is -0.147. The number of nitrogens with zero attached hydrogens (tertiary/aromatic N) is 5. The SMILES string of the molecule is O=C(O)[C@@H]1CCC2CC(c3c(-n4cnnn4)ccc(Cl)c3F)=CC(=O)N21. The monoisotopic (exact) mass is 377 g/mol. The Labute approximate surface area is 151 Å². The summed E-state index contributed by atoms with van der Waals surface area (Å²) in [4.78, 5) is 25.3. The van der Waals surface area contributed by atoms with E-state index >= 15 is 0 Å². The number of rotatable bonds is 3. The maximum Gasteiger partial charge on any atom is 0.326 e. The molecule has 2 aliphatic rings. The molecule has 0 radical (unpaired) electrons. The first kappa shape index (κ1) is 16.6. The van der Waals surface area contributed by atoms with Crippen LogP contribution in [0, 0.1) is 5.82 Å². The van der Waals surface area contributed by atoms with Gasteiger partial charge in [-0.15, -0.1) is 5.10 Å². The summed E-state index contributed by atoms with van der Waals surface area (Å²) in [6, 6.07) is 1.84. The molecule has 4 rings (SSSR count). The van der Waals surface area contributed by atoms with Gasteiger partial charge in [-0.1, -0.05) is 11.6 Å². The van der Waals surface area contributed by atoms with E-state index in [2.05, 4.69) is 15.5 Å². The summed E-state index contributed by atoms with van der Waals surface area (Å²) < 4.78 is 16.1. The normalized spacial score (nSPS) is 22.3. The third-order valence-corrected chi connectivity index (χ3v) is 5.08. The van der Waals surface area contributed by atoms with Crippen LogP contribution in [0.5, 0.6) is 0 Å². The molecule has 26 heavy (non-hydrogen) atoms. The molecule has 2 atom stereocenters. The van der Waals surface area contributed by atoms with Crippen molar-refractivity contribution in [3.63, 3.8) is 0 Å². The highest BCUT2D eigenvalue weighted by Crippen LogP contribution is 2.39. The van der Waals surface area contributed by atoms with Gasteiger partial charge in [-0.2, -0.15) is 4.68 Å². The van der Waals surface area contributed by atoms with Crippen LogP contribution in [-0.4, -0.2) is 54.2 Å². The third kappa shape index (κ3) is 2.55. The summed E-state index contributed by atoms with van der Waals surface area (Å²) in [6.07, 6.45) is 3.86. The van der Waals surface area contributed by atoms with Crippen LogP contribution < -0.4 is 0 Å². The molecular weight excluding hydrogens is 365 g/mol. The second kappa shape index (κ2) is 6.17. The fourth-order valence-electron chi connectivity index (χ4n) is 3.68. The highest BCUT2D eigenvalue weighted by Gasteiger charge is 2.43. The van der Waals surface area contributed by atoms with Gasteiger partial charge >= 0.3 is 5.97 Å². The van der Waals surface area contributed by atoms with Gasteiger partial charge in [0.2, 0.25) is 5.91 Å². The average molecular weight is 378 g/mol. The molecule has 10 heteroatoms. The molecule has 0 bridgehead atoms. The van der Waals surface area contributed by atoms with E-state index in [1.807, 2.05) is 0 Å². The number of carboxylic acid groups (broad SMARTS) is 1. The van der Waals surface area contributed by atoms with Crippen molar-refractivity contribution in [1.29, 1.82) is 0 Å². The van der Waals surface area contributed by atoms with Crippen LogP contribution in [0.4, 0.5) is 4.39 Å². The standard InChI is InChI=1S/C16H13ClFN5O3/c17-10-2-4-11(22-7-19-20-21-22)14(15(10)18)8-5-9-1-3-12(16(25)26)23(9)13(24)6-8/h2,4,6-7,9,12H,1,3,5H2,(H,25,26)/t9?,12-/m0/s1. The van der Waals surface area contributed by atoms with Crippen molar-refractivity contribution in [2.24, 2.45) is 0 Å². The number of tetrazole rings is 1. The number of carboxylic acids is 1. The Balaban J connectivity index is 1.81. The number of benzene rings is 1. The molecule has 0 saturated carbocycles. The smallest absolute Gasteiger partial charge is 0.326 e. The molecule has 1 unspecified atom stereocenters. The molecule has 1 N–H and O–H groups in total. The fourth-order valence-corrected chi connectivity index (χ4v) is 3.84. The minimum Gasteiger partial charge on any atom is -0.480 e. The van der Waals surface area contributed by atoms with Crippen molar-refractivity contribution < 1.29 is 19.1 Å². The lowest BCUT2D eigenvalue weighted by atomic mass is 9.92. The minimum absolute atomic E-state index is 0.0811. The molecule has 2 aromatic rings. The number of halogens is 2. The summed E-state index contributed by atoms with van der Waals surface area (Å²) in [5.74, 6) is -2.14. The molecule has 1 aromatic carbocycles. The maximum atomic E-state index is 14.8. The number of hydrogen-bond acceptors (Lipinski definition) is 5. The van der Waals surface area contributed by atoms with Crippen molar-refractivity contribution in [2.45, 2.75) is 31.3 Å². The van der Waals surface area contributed by atoms with Crippen molar-refractivity contribution in [2.75, 3.05) is 0 Å². The quantitative estimate of drug-likeness (QED) is 0.873. The Morgan fingerprint density at radius 2 is 2.15 bits per heavy atom. The molecule has 1 saturated heterocycles. The van der Waals surface area contributed by atoms with E-state index in [-0.39, 0.29) is 16.6 Å². The van der Waals surface area contributed by atoms with E-state index in [0.29, 0.717) is 30.5 Å². The first-order valence-corrected chi connectivity index (χ1v) is 8.32. The summed E-state index contributed by atoms with van der Waals surface area (Å²) in [7, 11) is 0. The highest BCUT2D eigenvalue weighted by molar-refractivity contribution is 6.31. The van der Waals surface area contributed by atoms with Crippen LogP contribution in [0.25, 0.3) is 11.3 Å². The third-order valence-electron chi connectivity index (χ3n) is 4.79. The first-order valence-electron chi connectivity index (χ1n) is 7.94. The number of hydrogen-bond donors (Lipinski definition) is 1. The van der Waals surface area contributed by atoms with Crippen LogP contribution in [0.3, 0.4) is 0 Å². The van der Waals surface area contributed by atoms with Crippen molar-refractivity contribution in [1.82, 2.24) is 25.1 Å². The largest absolute Gasteiger partial charge is 0.480 e. The van der Waals surface area contributed by atoms with Gasteiger partial charge in [0.05, 0.1) is 10.7 Å². The molecule has 3 heterocycles. The van der Waals surface area contributed by atoms with Gasteiger partial charge in [-0.25, -0.2) is 9.18 Å². The highest BCUT2D eigenvalue weighted by atomic mass is 35.5. The van der Waals surface area contributed by atoms with Crippen LogP contribution >= 0.6 is 11.6 Å². The fraction of sp³-hybridized carbons (Fsp3) is 0.312. The lowest BCUT2D eigenvalue weighted by Crippen LogP contribution is -2.46. The number of aromatic nitrogens is 4. The van der Waals surface area contributed by atoms with Gasteiger partial charge in [0.1, 0.15) is 12.4 Å². The number of fused-ring (bicyclic) bond motifs is 1. The van der Waals surface area contributed by atoms with E-state index in [9.17, 15) is 19.1 Å². The Kier molecular flexibility index (Phi) is 3.95. The van der Waals surface area contributed by atoms with Crippen LogP contribution in [-0.2, 0) is 9.59 Å². The number of amides is 1. The lowest BCUT2D eigenvalue weighted by Gasteiger charge is -2.32. The zero-order valence-electron chi connectivity index (χ0n) is 13.3. The topological polar surface area (TPSA) is 101 Å². The number of aliphatic carboxylic acids is 1. The first-order chi connectivity index (χ1) is 12.5. The molecule has 8 nitrogen and oxygen atoms in total. The predicted molar refractivity (Wildman–Crippen MR) is 88.0 cm³/mol. The van der Waals surface area contributed by atoms with E-state index in [1.165, 1.54) is 28.1 Å². The molecule has 1 fully saturated rings. The molecular formula is C16H13ClFN5O3. The van der Waals surface area contributed by atoms with Gasteiger partial charge in [-0.05, 0) is 47.4 Å². The second-order valence-corrected chi connectivity index (χ2v) is 6.62. The zero-order chi connectivity index (χ0) is 18.4. The van der Waals surface area contributed by atoms with E-state index in [1.54, 1.807) is 6.07 Å². The Bertz CT molecular complexity index is 930. The van der Waals surface area contributed by atoms with Crippen molar-refractivity contribution >= 4 is 29.1 Å². The van der Waals surface area contributed by atoms with Gasteiger partial charge in [0.15, 0.2) is 5.82 Å². The van der Waals surface area contributed by atoms with E-state index in [4.69, 9.17) is 11.6 Å². The average Bonchev–Trinajstić information content (AvgIpc) is 3.26. The molecule has 2 aliphatic heterocycles. The second-order valence-electron chi connectivity index (χ2n) is 6.21. The molecule has 1 aromatic heterocycles. The zero-order valence-corrected chi connectivity index (χ0v) is 14.1. The van der Waals surface area contributed by atoms with Gasteiger partial charge in [0, 0.05) is 17.7 Å². The van der Waals surface area contributed by atoms with Crippen molar-refractivity contribution in [3.8, 4) is 5.69 Å². The van der Waals surface area contributed by atoms with E-state index < -0.39 is 23.7 Å². The van der Waals surface area contributed by atoms with Crippen molar-refractivity contribution in [3.05, 3.63) is 40.9 Å². The van der Waals surface area contributed by atoms with Gasteiger partial charge in [-0.3, -0.25) is 4.79 Å². The predicted octanol–water partition coefficient (Wildman–Crippen LogP) is 1.69. The number of carbonyl (C=O) groups excluding carboxylic acids is 1. The summed E-state index contributed by atoms with van der Waals surface area (Å²) in [6.45, 7) is 0. The van der Waals surface area contributed by atoms with Crippen LogP contribution in [0.2, 0.25) is 5.02 Å².